The molecule has 3 aromatic rings. The molecule has 25 heavy (non-hydrogen) atoms. The molecule has 2 heterocycles. The van der Waals surface area contributed by atoms with E-state index < -0.39 is 0 Å². The molecule has 0 aliphatic carbocycles. The van der Waals surface area contributed by atoms with Crippen LogP contribution in [0.3, 0.4) is 0 Å². The molecule has 1 aromatic heterocycles. The van der Waals surface area contributed by atoms with Gasteiger partial charge in [-0.2, -0.15) is 4.98 Å². The van der Waals surface area contributed by atoms with Gasteiger partial charge in [0.15, 0.2) is 0 Å². The molecule has 126 valence electrons. The lowest BCUT2D eigenvalue weighted by Crippen LogP contribution is -2.31. The van der Waals surface area contributed by atoms with Gasteiger partial charge in [-0.1, -0.05) is 53.5 Å². The molecule has 4 rings (SSSR count). The van der Waals surface area contributed by atoms with Gasteiger partial charge in [-0.15, -0.1) is 0 Å². The van der Waals surface area contributed by atoms with Gasteiger partial charge < -0.3 is 10.2 Å². The molecule has 0 bridgehead atoms. The molecule has 0 saturated carbocycles. The molecule has 1 aliphatic heterocycles. The van der Waals surface area contributed by atoms with Crippen molar-refractivity contribution in [1.82, 2.24) is 9.97 Å². The number of nitrogens with zero attached hydrogens (tertiary/aromatic N) is 3. The SMILES string of the molecule is Clc1cccc(Cl)c1Nc1ccnc(N2CCc3ccccc3C2)n1. The van der Waals surface area contributed by atoms with E-state index in [1.54, 1.807) is 24.4 Å². The predicted molar refractivity (Wildman–Crippen MR) is 103 cm³/mol. The van der Waals surface area contributed by atoms with Crippen LogP contribution in [-0.4, -0.2) is 16.5 Å². The van der Waals surface area contributed by atoms with E-state index in [0.717, 1.165) is 19.5 Å². The zero-order valence-corrected chi connectivity index (χ0v) is 14.9. The molecular formula is C19H16Cl2N4. The summed E-state index contributed by atoms with van der Waals surface area (Å²) in [7, 11) is 0. The molecule has 4 nitrogen and oxygen atoms in total. The van der Waals surface area contributed by atoms with E-state index in [1.807, 2.05) is 6.07 Å². The first kappa shape index (κ1) is 16.2. The Balaban J connectivity index is 1.58. The summed E-state index contributed by atoms with van der Waals surface area (Å²) < 4.78 is 0. The lowest BCUT2D eigenvalue weighted by atomic mass is 10.0. The van der Waals surface area contributed by atoms with Crippen LogP contribution in [0.25, 0.3) is 0 Å². The Bertz CT molecular complexity index is 893. The van der Waals surface area contributed by atoms with Gasteiger partial charge in [-0.3, -0.25) is 0 Å². The van der Waals surface area contributed by atoms with Crippen LogP contribution in [0.2, 0.25) is 10.0 Å². The first-order valence-electron chi connectivity index (χ1n) is 8.06. The minimum Gasteiger partial charge on any atom is -0.338 e. The highest BCUT2D eigenvalue weighted by atomic mass is 35.5. The number of fused-ring (bicyclic) bond motifs is 1. The fourth-order valence-electron chi connectivity index (χ4n) is 2.98. The molecule has 6 heteroatoms. The van der Waals surface area contributed by atoms with Gasteiger partial charge >= 0.3 is 0 Å². The number of benzene rings is 2. The Kier molecular flexibility index (Phi) is 4.47. The average Bonchev–Trinajstić information content (AvgIpc) is 2.65. The van der Waals surface area contributed by atoms with E-state index in [2.05, 4.69) is 44.5 Å². The lowest BCUT2D eigenvalue weighted by Gasteiger charge is -2.29. The van der Waals surface area contributed by atoms with E-state index in [4.69, 9.17) is 23.2 Å². The largest absolute Gasteiger partial charge is 0.338 e. The van der Waals surface area contributed by atoms with Crippen LogP contribution in [0.15, 0.2) is 54.7 Å². The maximum atomic E-state index is 6.22. The van der Waals surface area contributed by atoms with Crippen LogP contribution < -0.4 is 10.2 Å². The van der Waals surface area contributed by atoms with Gasteiger partial charge in [0.1, 0.15) is 5.82 Å². The Hall–Kier alpha value is -2.30. The Morgan fingerprint density at radius 1 is 0.920 bits per heavy atom. The van der Waals surface area contributed by atoms with Gasteiger partial charge in [0.2, 0.25) is 5.95 Å². The second-order valence-corrected chi connectivity index (χ2v) is 6.72. The zero-order valence-electron chi connectivity index (χ0n) is 13.4. The standard InChI is InChI=1S/C19H16Cl2N4/c20-15-6-3-7-16(21)18(15)23-17-8-10-22-19(24-17)25-11-9-13-4-1-2-5-14(13)12-25/h1-8,10H,9,11-12H2,(H,22,23,24). The third kappa shape index (κ3) is 3.41. The molecule has 0 unspecified atom stereocenters. The third-order valence-electron chi connectivity index (χ3n) is 4.27. The Morgan fingerprint density at radius 2 is 1.68 bits per heavy atom. The minimum atomic E-state index is 0.555. The van der Waals surface area contributed by atoms with Crippen LogP contribution in [0.5, 0.6) is 0 Å². The maximum Gasteiger partial charge on any atom is 0.227 e. The Morgan fingerprint density at radius 3 is 2.48 bits per heavy atom. The number of anilines is 3. The number of hydrogen-bond acceptors (Lipinski definition) is 4. The summed E-state index contributed by atoms with van der Waals surface area (Å²) in [6, 6.07) is 15.7. The first-order chi connectivity index (χ1) is 12.2. The van der Waals surface area contributed by atoms with E-state index >= 15 is 0 Å². The monoisotopic (exact) mass is 370 g/mol. The minimum absolute atomic E-state index is 0.555. The van der Waals surface area contributed by atoms with Gasteiger partial charge in [0.05, 0.1) is 15.7 Å². The van der Waals surface area contributed by atoms with Crippen molar-refractivity contribution in [2.75, 3.05) is 16.8 Å². The molecule has 0 spiro atoms. The zero-order chi connectivity index (χ0) is 17.2. The summed E-state index contributed by atoms with van der Waals surface area (Å²) in [4.78, 5) is 11.2. The van der Waals surface area contributed by atoms with E-state index in [0.29, 0.717) is 27.5 Å². The van der Waals surface area contributed by atoms with Crippen LogP contribution in [-0.2, 0) is 13.0 Å². The van der Waals surface area contributed by atoms with Crippen molar-refractivity contribution in [3.8, 4) is 0 Å². The number of hydrogen-bond donors (Lipinski definition) is 1. The van der Waals surface area contributed by atoms with Crippen molar-refractivity contribution in [2.24, 2.45) is 0 Å². The smallest absolute Gasteiger partial charge is 0.227 e. The number of rotatable bonds is 3. The average molecular weight is 371 g/mol. The van der Waals surface area contributed by atoms with Crippen molar-refractivity contribution < 1.29 is 0 Å². The summed E-state index contributed by atoms with van der Waals surface area (Å²) in [5.74, 6) is 1.36. The molecule has 1 aliphatic rings. The second kappa shape index (κ2) is 6.90. The summed E-state index contributed by atoms with van der Waals surface area (Å²) >= 11 is 12.4. The molecule has 0 radical (unpaired) electrons. The highest BCUT2D eigenvalue weighted by molar-refractivity contribution is 6.39. The second-order valence-electron chi connectivity index (χ2n) is 5.90. The molecule has 2 aromatic carbocycles. The lowest BCUT2D eigenvalue weighted by molar-refractivity contribution is 0.708. The molecule has 1 N–H and O–H groups in total. The molecule has 0 atom stereocenters. The van der Waals surface area contributed by atoms with Crippen LogP contribution >= 0.6 is 23.2 Å². The fraction of sp³-hybridized carbons (Fsp3) is 0.158. The van der Waals surface area contributed by atoms with E-state index in [-0.39, 0.29) is 0 Å². The molecule has 0 saturated heterocycles. The summed E-state index contributed by atoms with van der Waals surface area (Å²) in [5, 5.41) is 4.31. The van der Waals surface area contributed by atoms with Crippen molar-refractivity contribution in [1.29, 1.82) is 0 Å². The number of para-hydroxylation sites is 1. The first-order valence-corrected chi connectivity index (χ1v) is 8.82. The van der Waals surface area contributed by atoms with E-state index in [1.165, 1.54) is 11.1 Å². The predicted octanol–water partition coefficient (Wildman–Crippen LogP) is 5.09. The number of nitrogens with one attached hydrogen (secondary N) is 1. The highest BCUT2D eigenvalue weighted by Crippen LogP contribution is 2.32. The van der Waals surface area contributed by atoms with E-state index in [9.17, 15) is 0 Å². The van der Waals surface area contributed by atoms with Crippen molar-refractivity contribution in [3.05, 3.63) is 75.9 Å². The van der Waals surface area contributed by atoms with Gasteiger partial charge in [0, 0.05) is 19.3 Å². The van der Waals surface area contributed by atoms with Crippen LogP contribution in [0, 0.1) is 0 Å². The van der Waals surface area contributed by atoms with Gasteiger partial charge in [0.25, 0.3) is 0 Å². The normalized spacial score (nSPS) is 13.4. The maximum absolute atomic E-state index is 6.22. The van der Waals surface area contributed by atoms with Crippen LogP contribution in [0.4, 0.5) is 17.5 Å². The third-order valence-corrected chi connectivity index (χ3v) is 4.90. The summed E-state index contributed by atoms with van der Waals surface area (Å²) in [6.07, 6.45) is 2.74. The summed E-state index contributed by atoms with van der Waals surface area (Å²) in [6.45, 7) is 1.71. The van der Waals surface area contributed by atoms with Crippen molar-refractivity contribution in [2.45, 2.75) is 13.0 Å². The molecule has 0 fully saturated rings. The quantitative estimate of drug-likeness (QED) is 0.696. The number of aromatic nitrogens is 2. The molecule has 0 amide bonds. The van der Waals surface area contributed by atoms with Crippen LogP contribution in [0.1, 0.15) is 11.1 Å². The van der Waals surface area contributed by atoms with Crippen molar-refractivity contribution in [3.63, 3.8) is 0 Å². The van der Waals surface area contributed by atoms with Gasteiger partial charge in [-0.25, -0.2) is 4.98 Å². The number of halogens is 2. The summed E-state index contributed by atoms with van der Waals surface area (Å²) in [5.41, 5.74) is 3.38. The van der Waals surface area contributed by atoms with Gasteiger partial charge in [-0.05, 0) is 35.7 Å². The topological polar surface area (TPSA) is 41.1 Å². The fourth-order valence-corrected chi connectivity index (χ4v) is 3.47. The highest BCUT2D eigenvalue weighted by Gasteiger charge is 2.18. The Labute approximate surface area is 156 Å². The van der Waals surface area contributed by atoms with Crippen molar-refractivity contribution >= 4 is 40.7 Å². The molecular weight excluding hydrogens is 355 g/mol.